The molecule has 1 aromatic carbocycles. The van der Waals surface area contributed by atoms with Crippen LogP contribution in [0.25, 0.3) is 5.69 Å². The largest absolute Gasteiger partial charge is 0.390 e. The summed E-state index contributed by atoms with van der Waals surface area (Å²) in [5, 5.41) is 9.79. The van der Waals surface area contributed by atoms with E-state index in [1.165, 1.54) is 0 Å². The van der Waals surface area contributed by atoms with Gasteiger partial charge in [-0.25, -0.2) is 9.67 Å². The predicted octanol–water partition coefficient (Wildman–Crippen LogP) is 3.50. The van der Waals surface area contributed by atoms with Crippen LogP contribution in [0.3, 0.4) is 0 Å². The Balaban J connectivity index is 0.00000312. The molecule has 0 unspecified atom stereocenters. The van der Waals surface area contributed by atoms with E-state index in [-0.39, 0.29) is 30.5 Å². The van der Waals surface area contributed by atoms with Crippen LogP contribution in [0.1, 0.15) is 18.9 Å². The Kier molecular flexibility index (Phi) is 8.73. The van der Waals surface area contributed by atoms with Gasteiger partial charge in [-0.3, -0.25) is 0 Å². The maximum Gasteiger partial charge on any atom is 0.390 e. The smallest absolute Gasteiger partial charge is 0.357 e. The number of benzene rings is 1. The van der Waals surface area contributed by atoms with Crippen LogP contribution in [0.4, 0.5) is 13.2 Å². The normalized spacial score (nSPS) is 11.8. The highest BCUT2D eigenvalue weighted by Crippen LogP contribution is 2.18. The minimum atomic E-state index is -4.18. The van der Waals surface area contributed by atoms with E-state index < -0.39 is 12.6 Å². The van der Waals surface area contributed by atoms with E-state index in [2.05, 4.69) is 20.7 Å². The van der Waals surface area contributed by atoms with Gasteiger partial charge < -0.3 is 10.6 Å². The lowest BCUT2D eigenvalue weighted by molar-refractivity contribution is -0.132. The van der Waals surface area contributed by atoms with Crippen molar-refractivity contribution in [2.45, 2.75) is 26.1 Å². The second-order valence-corrected chi connectivity index (χ2v) is 5.11. The first-order valence-electron chi connectivity index (χ1n) is 7.66. The summed E-state index contributed by atoms with van der Waals surface area (Å²) >= 11 is 0. The molecule has 2 aromatic rings. The first kappa shape index (κ1) is 21.3. The zero-order valence-corrected chi connectivity index (χ0v) is 16.1. The summed E-state index contributed by atoms with van der Waals surface area (Å²) in [5.41, 5.74) is 1.85. The minimum Gasteiger partial charge on any atom is -0.357 e. The van der Waals surface area contributed by atoms with E-state index in [0.717, 1.165) is 11.3 Å². The van der Waals surface area contributed by atoms with E-state index in [1.54, 1.807) is 10.9 Å². The van der Waals surface area contributed by atoms with Crippen molar-refractivity contribution in [1.29, 1.82) is 0 Å². The highest BCUT2D eigenvalue weighted by Gasteiger charge is 2.26. The molecule has 25 heavy (non-hydrogen) atoms. The average molecular weight is 467 g/mol. The van der Waals surface area contributed by atoms with Crippen LogP contribution in [0.2, 0.25) is 0 Å². The van der Waals surface area contributed by atoms with E-state index in [9.17, 15) is 13.2 Å². The molecule has 0 saturated carbocycles. The lowest BCUT2D eigenvalue weighted by Gasteiger charge is -2.12. The average Bonchev–Trinajstić information content (AvgIpc) is 3.06. The van der Waals surface area contributed by atoms with Crippen LogP contribution in [0.15, 0.2) is 47.7 Å². The van der Waals surface area contributed by atoms with Gasteiger partial charge in [0, 0.05) is 25.5 Å². The summed E-state index contributed by atoms with van der Waals surface area (Å²) in [4.78, 5) is 4.32. The fourth-order valence-electron chi connectivity index (χ4n) is 2.05. The quantitative estimate of drug-likeness (QED) is 0.389. The predicted molar refractivity (Wildman–Crippen MR) is 102 cm³/mol. The maximum atomic E-state index is 12.2. The van der Waals surface area contributed by atoms with Gasteiger partial charge in [0.05, 0.1) is 18.7 Å². The van der Waals surface area contributed by atoms with Crippen molar-refractivity contribution >= 4 is 29.9 Å². The Morgan fingerprint density at radius 2 is 2.04 bits per heavy atom. The summed E-state index contributed by atoms with van der Waals surface area (Å²) in [7, 11) is 0. The summed E-state index contributed by atoms with van der Waals surface area (Å²) in [6.45, 7) is 2.59. The number of aliphatic imine (C=N–C) groups is 1. The van der Waals surface area contributed by atoms with Crippen molar-refractivity contribution in [1.82, 2.24) is 20.4 Å². The van der Waals surface area contributed by atoms with Crippen molar-refractivity contribution in [2.75, 3.05) is 13.1 Å². The first-order chi connectivity index (χ1) is 11.5. The molecule has 9 heteroatoms. The van der Waals surface area contributed by atoms with Gasteiger partial charge in [-0.15, -0.1) is 24.0 Å². The van der Waals surface area contributed by atoms with Gasteiger partial charge in [-0.2, -0.15) is 18.3 Å². The molecule has 0 fully saturated rings. The third-order valence-corrected chi connectivity index (χ3v) is 3.14. The molecule has 0 aliphatic rings. The monoisotopic (exact) mass is 467 g/mol. The lowest BCUT2D eigenvalue weighted by Crippen LogP contribution is -2.38. The van der Waals surface area contributed by atoms with Crippen molar-refractivity contribution < 1.29 is 13.2 Å². The van der Waals surface area contributed by atoms with Gasteiger partial charge in [-0.1, -0.05) is 12.1 Å². The van der Waals surface area contributed by atoms with E-state index >= 15 is 0 Å². The molecule has 0 atom stereocenters. The summed E-state index contributed by atoms with van der Waals surface area (Å²) in [6.07, 6.45) is -1.54. The second-order valence-electron chi connectivity index (χ2n) is 5.11. The van der Waals surface area contributed by atoms with E-state index in [1.807, 2.05) is 43.5 Å². The molecule has 1 heterocycles. The summed E-state index contributed by atoms with van der Waals surface area (Å²) in [5.74, 6) is 0.367. The van der Waals surface area contributed by atoms with Crippen molar-refractivity contribution in [3.63, 3.8) is 0 Å². The Morgan fingerprint density at radius 3 is 2.68 bits per heavy atom. The highest BCUT2D eigenvalue weighted by molar-refractivity contribution is 14.0. The number of halogens is 4. The summed E-state index contributed by atoms with van der Waals surface area (Å²) in [6, 6.07) is 9.50. The Morgan fingerprint density at radius 1 is 1.24 bits per heavy atom. The topological polar surface area (TPSA) is 54.2 Å². The van der Waals surface area contributed by atoms with Gasteiger partial charge in [0.2, 0.25) is 0 Å². The second kappa shape index (κ2) is 10.3. The van der Waals surface area contributed by atoms with Crippen molar-refractivity contribution in [3.05, 3.63) is 48.3 Å². The SMILES string of the molecule is CCNC(=NCc1cccc(-n2cccn2)c1)NCCC(F)(F)F.I. The Hall–Kier alpha value is -1.78. The number of rotatable bonds is 6. The number of aromatic nitrogens is 2. The van der Waals surface area contributed by atoms with Crippen LogP contribution in [-0.4, -0.2) is 35.0 Å². The third kappa shape index (κ3) is 7.76. The van der Waals surface area contributed by atoms with Crippen LogP contribution < -0.4 is 10.6 Å². The molecule has 0 amide bonds. The number of hydrogen-bond acceptors (Lipinski definition) is 2. The molecular formula is C16H21F3IN5. The number of alkyl halides is 3. The van der Waals surface area contributed by atoms with Gasteiger partial charge in [-0.05, 0) is 30.7 Å². The highest BCUT2D eigenvalue weighted by atomic mass is 127. The van der Waals surface area contributed by atoms with Gasteiger partial charge >= 0.3 is 6.18 Å². The number of nitrogens with zero attached hydrogens (tertiary/aromatic N) is 3. The fourth-order valence-corrected chi connectivity index (χ4v) is 2.05. The number of hydrogen-bond donors (Lipinski definition) is 2. The lowest BCUT2D eigenvalue weighted by atomic mass is 10.2. The molecular weight excluding hydrogens is 446 g/mol. The van der Waals surface area contributed by atoms with Crippen LogP contribution >= 0.6 is 24.0 Å². The van der Waals surface area contributed by atoms with Crippen LogP contribution in [-0.2, 0) is 6.54 Å². The van der Waals surface area contributed by atoms with Crippen LogP contribution in [0, 0.1) is 0 Å². The molecule has 0 spiro atoms. The molecule has 2 N–H and O–H groups in total. The molecule has 0 saturated heterocycles. The zero-order valence-electron chi connectivity index (χ0n) is 13.8. The van der Waals surface area contributed by atoms with E-state index in [0.29, 0.717) is 19.0 Å². The molecule has 5 nitrogen and oxygen atoms in total. The molecule has 0 aliphatic carbocycles. The van der Waals surface area contributed by atoms with E-state index in [4.69, 9.17) is 0 Å². The number of nitrogens with one attached hydrogen (secondary N) is 2. The molecule has 0 radical (unpaired) electrons. The van der Waals surface area contributed by atoms with Gasteiger partial charge in [0.25, 0.3) is 0 Å². The summed E-state index contributed by atoms with van der Waals surface area (Å²) < 4.78 is 38.4. The first-order valence-corrected chi connectivity index (χ1v) is 7.66. The standard InChI is InChI=1S/C16H20F3N5.HI/c1-2-20-15(21-9-7-16(17,18)19)22-12-13-5-3-6-14(11-13)24-10-4-8-23-24;/h3-6,8,10-11H,2,7,9,12H2,1H3,(H2,20,21,22);1H. The van der Waals surface area contributed by atoms with Crippen molar-refractivity contribution in [2.24, 2.45) is 4.99 Å². The molecule has 0 aliphatic heterocycles. The van der Waals surface area contributed by atoms with Crippen molar-refractivity contribution in [3.8, 4) is 5.69 Å². The number of guanidine groups is 1. The maximum absolute atomic E-state index is 12.2. The Bertz CT molecular complexity index is 656. The minimum absolute atomic E-state index is 0. The molecule has 138 valence electrons. The van der Waals surface area contributed by atoms with Gasteiger partial charge in [0.1, 0.15) is 0 Å². The zero-order chi connectivity index (χ0) is 17.4. The molecule has 1 aromatic heterocycles. The Labute approximate surface area is 161 Å². The molecule has 0 bridgehead atoms. The molecule has 2 rings (SSSR count). The van der Waals surface area contributed by atoms with Gasteiger partial charge in [0.15, 0.2) is 5.96 Å². The fraction of sp³-hybridized carbons (Fsp3) is 0.375. The van der Waals surface area contributed by atoms with Crippen LogP contribution in [0.5, 0.6) is 0 Å². The third-order valence-electron chi connectivity index (χ3n) is 3.14.